The van der Waals surface area contributed by atoms with E-state index in [2.05, 4.69) is 63.2 Å². The molecule has 92 valence electrons. The molecule has 0 heterocycles. The van der Waals surface area contributed by atoms with Gasteiger partial charge in [-0.15, -0.1) is 0 Å². The van der Waals surface area contributed by atoms with Gasteiger partial charge in [0.2, 0.25) is 0 Å². The lowest BCUT2D eigenvalue weighted by atomic mass is 10.1. The molecule has 0 spiro atoms. The van der Waals surface area contributed by atoms with Gasteiger partial charge in [0.25, 0.3) is 0 Å². The maximum atomic E-state index is 8.74. The molecule has 0 aromatic heterocycles. The van der Waals surface area contributed by atoms with Crippen molar-refractivity contribution in [3.05, 3.63) is 32.7 Å². The van der Waals surface area contributed by atoms with Crippen LogP contribution in [0.25, 0.3) is 0 Å². The van der Waals surface area contributed by atoms with Crippen LogP contribution in [0.5, 0.6) is 0 Å². The molecule has 1 N–H and O–H groups in total. The normalized spacial score (nSPS) is 14.1. The Morgan fingerprint density at radius 2 is 2.12 bits per heavy atom. The number of hydrogen-bond donors (Lipinski definition) is 1. The van der Waals surface area contributed by atoms with Gasteiger partial charge in [0.1, 0.15) is 0 Å². The number of nitriles is 1. The van der Waals surface area contributed by atoms with Crippen LogP contribution in [0.4, 0.5) is 0 Å². The molecule has 17 heavy (non-hydrogen) atoms. The molecule has 2 nitrogen and oxygen atoms in total. The summed E-state index contributed by atoms with van der Waals surface area (Å²) in [5, 5.41) is 12.2. The van der Waals surface area contributed by atoms with Crippen LogP contribution in [-0.4, -0.2) is 6.04 Å². The van der Waals surface area contributed by atoms with Gasteiger partial charge in [-0.25, -0.2) is 0 Å². The summed E-state index contributed by atoms with van der Waals surface area (Å²) in [6.07, 6.45) is 1.51. The second-order valence-electron chi connectivity index (χ2n) is 4.02. The number of benzene rings is 1. The van der Waals surface area contributed by atoms with E-state index in [0.29, 0.717) is 6.42 Å². The van der Waals surface area contributed by atoms with Crippen molar-refractivity contribution in [2.45, 2.75) is 38.8 Å². The van der Waals surface area contributed by atoms with Gasteiger partial charge in [-0.2, -0.15) is 5.26 Å². The monoisotopic (exact) mass is 358 g/mol. The summed E-state index contributed by atoms with van der Waals surface area (Å²) in [6.45, 7) is 4.21. The van der Waals surface area contributed by atoms with E-state index in [1.54, 1.807) is 0 Å². The lowest BCUT2D eigenvalue weighted by molar-refractivity contribution is 0.447. The summed E-state index contributed by atoms with van der Waals surface area (Å²) in [6, 6.07) is 8.86. The SMILES string of the molecule is CCC(CC#N)NC(C)c1ccc(Br)cc1Br. The van der Waals surface area contributed by atoms with E-state index in [4.69, 9.17) is 5.26 Å². The minimum atomic E-state index is 0.232. The molecule has 2 atom stereocenters. The standard InChI is InChI=1S/C13H16Br2N2/c1-3-11(6-7-16)17-9(2)12-5-4-10(14)8-13(12)15/h4-5,8-9,11,17H,3,6H2,1-2H3. The van der Waals surface area contributed by atoms with Gasteiger partial charge in [-0.3, -0.25) is 0 Å². The molecule has 0 bridgehead atoms. The third-order valence-electron chi connectivity index (χ3n) is 2.75. The van der Waals surface area contributed by atoms with Crippen LogP contribution in [0, 0.1) is 11.3 Å². The van der Waals surface area contributed by atoms with Crippen molar-refractivity contribution < 1.29 is 0 Å². The Morgan fingerprint density at radius 3 is 2.65 bits per heavy atom. The third-order valence-corrected chi connectivity index (χ3v) is 3.93. The summed E-state index contributed by atoms with van der Waals surface area (Å²) in [7, 11) is 0. The van der Waals surface area contributed by atoms with E-state index in [0.717, 1.165) is 15.4 Å². The van der Waals surface area contributed by atoms with Crippen LogP contribution in [0.2, 0.25) is 0 Å². The highest BCUT2D eigenvalue weighted by Crippen LogP contribution is 2.27. The molecule has 0 saturated carbocycles. The molecule has 1 rings (SSSR count). The van der Waals surface area contributed by atoms with E-state index < -0.39 is 0 Å². The predicted molar refractivity (Wildman–Crippen MR) is 77.7 cm³/mol. The number of hydrogen-bond acceptors (Lipinski definition) is 2. The number of nitrogens with zero attached hydrogens (tertiary/aromatic N) is 1. The minimum Gasteiger partial charge on any atom is -0.306 e. The predicted octanol–water partition coefficient (Wildman–Crippen LogP) is 4.55. The molecule has 0 radical (unpaired) electrons. The molecule has 1 aromatic rings. The van der Waals surface area contributed by atoms with Gasteiger partial charge < -0.3 is 5.32 Å². The molecule has 4 heteroatoms. The van der Waals surface area contributed by atoms with Crippen molar-refractivity contribution in [1.29, 1.82) is 5.26 Å². The maximum absolute atomic E-state index is 8.74. The van der Waals surface area contributed by atoms with Gasteiger partial charge in [0, 0.05) is 21.0 Å². The van der Waals surface area contributed by atoms with Crippen LogP contribution >= 0.6 is 31.9 Å². The van der Waals surface area contributed by atoms with Crippen LogP contribution in [0.1, 0.15) is 38.3 Å². The fourth-order valence-corrected chi connectivity index (χ4v) is 3.12. The second-order valence-corrected chi connectivity index (χ2v) is 5.79. The minimum absolute atomic E-state index is 0.232. The van der Waals surface area contributed by atoms with Gasteiger partial charge in [-0.1, -0.05) is 44.8 Å². The molecule has 0 aliphatic carbocycles. The maximum Gasteiger partial charge on any atom is 0.0638 e. The van der Waals surface area contributed by atoms with Crippen molar-refractivity contribution in [2.75, 3.05) is 0 Å². The van der Waals surface area contributed by atoms with Crippen molar-refractivity contribution in [2.24, 2.45) is 0 Å². The van der Waals surface area contributed by atoms with E-state index in [9.17, 15) is 0 Å². The molecular weight excluding hydrogens is 344 g/mol. The van der Waals surface area contributed by atoms with E-state index in [1.165, 1.54) is 5.56 Å². The van der Waals surface area contributed by atoms with Gasteiger partial charge in [-0.05, 0) is 31.0 Å². The molecule has 0 fully saturated rings. The zero-order valence-electron chi connectivity index (χ0n) is 10.0. The second kappa shape index (κ2) is 7.15. The molecule has 0 amide bonds. The lowest BCUT2D eigenvalue weighted by Gasteiger charge is -2.21. The van der Waals surface area contributed by atoms with Crippen LogP contribution in [0.15, 0.2) is 27.1 Å². The van der Waals surface area contributed by atoms with Crippen molar-refractivity contribution in [3.63, 3.8) is 0 Å². The number of halogens is 2. The summed E-state index contributed by atoms with van der Waals surface area (Å²) < 4.78 is 2.14. The lowest BCUT2D eigenvalue weighted by Crippen LogP contribution is -2.30. The van der Waals surface area contributed by atoms with Gasteiger partial charge in [0.15, 0.2) is 0 Å². The quantitative estimate of drug-likeness (QED) is 0.836. The first kappa shape index (κ1) is 14.7. The molecule has 1 aromatic carbocycles. The summed E-state index contributed by atoms with van der Waals surface area (Å²) in [5.41, 5.74) is 1.21. The Morgan fingerprint density at radius 1 is 1.41 bits per heavy atom. The van der Waals surface area contributed by atoms with E-state index >= 15 is 0 Å². The van der Waals surface area contributed by atoms with Crippen molar-refractivity contribution in [1.82, 2.24) is 5.32 Å². The summed E-state index contributed by atoms with van der Waals surface area (Å²) in [4.78, 5) is 0. The zero-order chi connectivity index (χ0) is 12.8. The summed E-state index contributed by atoms with van der Waals surface area (Å²) in [5.74, 6) is 0. The van der Waals surface area contributed by atoms with Crippen LogP contribution < -0.4 is 5.32 Å². The largest absolute Gasteiger partial charge is 0.306 e. The highest BCUT2D eigenvalue weighted by Gasteiger charge is 2.13. The molecule has 2 unspecified atom stereocenters. The average molecular weight is 360 g/mol. The average Bonchev–Trinajstić information content (AvgIpc) is 2.28. The zero-order valence-corrected chi connectivity index (χ0v) is 13.2. The fourth-order valence-electron chi connectivity index (χ4n) is 1.73. The molecule has 0 aliphatic heterocycles. The van der Waals surface area contributed by atoms with E-state index in [1.807, 2.05) is 12.1 Å². The fraction of sp³-hybridized carbons (Fsp3) is 0.462. The first-order valence-electron chi connectivity index (χ1n) is 5.66. The van der Waals surface area contributed by atoms with Crippen LogP contribution in [-0.2, 0) is 0 Å². The van der Waals surface area contributed by atoms with Crippen LogP contribution in [0.3, 0.4) is 0 Å². The van der Waals surface area contributed by atoms with Crippen molar-refractivity contribution >= 4 is 31.9 Å². The third kappa shape index (κ3) is 4.42. The number of nitrogens with one attached hydrogen (secondary N) is 1. The Kier molecular flexibility index (Phi) is 6.18. The first-order valence-corrected chi connectivity index (χ1v) is 7.25. The van der Waals surface area contributed by atoms with Gasteiger partial charge in [0.05, 0.1) is 12.5 Å². The molecular formula is C13H16Br2N2. The number of rotatable bonds is 5. The highest BCUT2D eigenvalue weighted by molar-refractivity contribution is 9.11. The van der Waals surface area contributed by atoms with Crippen molar-refractivity contribution in [3.8, 4) is 6.07 Å². The first-order chi connectivity index (χ1) is 8.08. The van der Waals surface area contributed by atoms with E-state index in [-0.39, 0.29) is 12.1 Å². The Hall–Kier alpha value is -0.370. The van der Waals surface area contributed by atoms with Gasteiger partial charge >= 0.3 is 0 Å². The molecule has 0 aliphatic rings. The Balaban J connectivity index is 2.75. The topological polar surface area (TPSA) is 35.8 Å². The highest BCUT2D eigenvalue weighted by atomic mass is 79.9. The Bertz CT molecular complexity index is 412. The Labute approximate surface area is 120 Å². The summed E-state index contributed by atoms with van der Waals surface area (Å²) >= 11 is 7.00. The molecule has 0 saturated heterocycles. The smallest absolute Gasteiger partial charge is 0.0638 e.